The second-order valence-electron chi connectivity index (χ2n) is 8.70. The van der Waals surface area contributed by atoms with E-state index in [1.54, 1.807) is 0 Å². The molecule has 5 heteroatoms. The number of pyridine rings is 1. The smallest absolute Gasteiger partial charge is 0.225 e. The van der Waals surface area contributed by atoms with Crippen molar-refractivity contribution in [2.24, 2.45) is 5.92 Å². The lowest BCUT2D eigenvalue weighted by Crippen LogP contribution is -2.68. The molecule has 0 bridgehead atoms. The maximum atomic E-state index is 12.8. The zero-order valence-electron chi connectivity index (χ0n) is 16.8. The second kappa shape index (κ2) is 7.88. The molecule has 1 aromatic heterocycles. The van der Waals surface area contributed by atoms with Crippen LogP contribution in [-0.4, -0.2) is 64.1 Å². The Bertz CT molecular complexity index is 850. The van der Waals surface area contributed by atoms with Crippen LogP contribution in [0.3, 0.4) is 0 Å². The molecule has 152 valence electrons. The van der Waals surface area contributed by atoms with Crippen molar-refractivity contribution in [1.82, 2.24) is 14.8 Å². The number of carbonyl (C=O) groups is 1. The van der Waals surface area contributed by atoms with Crippen LogP contribution in [0.15, 0.2) is 48.8 Å². The van der Waals surface area contributed by atoms with E-state index >= 15 is 0 Å². The van der Waals surface area contributed by atoms with Crippen molar-refractivity contribution in [3.8, 4) is 11.1 Å². The topological polar surface area (TPSA) is 56.7 Å². The minimum absolute atomic E-state index is 0.155. The van der Waals surface area contributed by atoms with Gasteiger partial charge in [0.05, 0.1) is 6.61 Å². The Morgan fingerprint density at radius 1 is 1.00 bits per heavy atom. The van der Waals surface area contributed by atoms with Crippen molar-refractivity contribution in [2.75, 3.05) is 26.2 Å². The molecule has 1 aliphatic carbocycles. The van der Waals surface area contributed by atoms with Crippen molar-refractivity contribution in [2.45, 2.75) is 43.7 Å². The number of rotatable bonds is 4. The van der Waals surface area contributed by atoms with Gasteiger partial charge < -0.3 is 10.0 Å². The summed E-state index contributed by atoms with van der Waals surface area (Å²) in [6.45, 7) is 2.87. The number of hydrogen-bond acceptors (Lipinski definition) is 4. The van der Waals surface area contributed by atoms with Gasteiger partial charge in [0, 0.05) is 49.4 Å². The molecule has 1 N–H and O–H groups in total. The molecule has 3 fully saturated rings. The van der Waals surface area contributed by atoms with Crippen LogP contribution >= 0.6 is 0 Å². The van der Waals surface area contributed by atoms with Crippen molar-refractivity contribution < 1.29 is 9.90 Å². The summed E-state index contributed by atoms with van der Waals surface area (Å²) in [5.41, 5.74) is 3.60. The van der Waals surface area contributed by atoms with Crippen LogP contribution in [0.4, 0.5) is 0 Å². The second-order valence-corrected chi connectivity index (χ2v) is 8.70. The van der Waals surface area contributed by atoms with Crippen molar-refractivity contribution in [1.29, 1.82) is 0 Å². The molecule has 1 amide bonds. The molecular formula is C24H29N3O2. The Morgan fingerprint density at radius 3 is 2.38 bits per heavy atom. The van der Waals surface area contributed by atoms with E-state index in [4.69, 9.17) is 0 Å². The highest BCUT2D eigenvalue weighted by Gasteiger charge is 2.50. The molecule has 5 nitrogen and oxygen atoms in total. The van der Waals surface area contributed by atoms with Crippen LogP contribution in [0.1, 0.15) is 37.2 Å². The summed E-state index contributed by atoms with van der Waals surface area (Å²) in [6, 6.07) is 13.2. The molecular weight excluding hydrogens is 362 g/mol. The molecule has 3 aliphatic rings. The number of carbonyl (C=O) groups excluding carboxylic acids is 1. The third-order valence-electron chi connectivity index (χ3n) is 6.92. The summed E-state index contributed by atoms with van der Waals surface area (Å²) in [5, 5.41) is 10.1. The number of benzene rings is 1. The fourth-order valence-corrected chi connectivity index (χ4v) is 5.17. The number of amides is 1. The molecule has 1 aromatic carbocycles. The molecule has 2 aromatic rings. The first kappa shape index (κ1) is 18.8. The summed E-state index contributed by atoms with van der Waals surface area (Å²) in [7, 11) is 0. The summed E-state index contributed by atoms with van der Waals surface area (Å²) in [5.74, 6) is 0.903. The molecule has 29 heavy (non-hydrogen) atoms. The number of fused-ring (bicyclic) bond motifs is 1. The van der Waals surface area contributed by atoms with Crippen molar-refractivity contribution >= 4 is 5.91 Å². The first-order valence-electron chi connectivity index (χ1n) is 10.9. The zero-order valence-corrected chi connectivity index (χ0v) is 16.8. The number of nitrogens with zero attached hydrogens (tertiary/aromatic N) is 3. The largest absolute Gasteiger partial charge is 0.395 e. The van der Waals surface area contributed by atoms with E-state index in [-0.39, 0.29) is 24.5 Å². The van der Waals surface area contributed by atoms with Gasteiger partial charge in [-0.05, 0) is 61.1 Å². The van der Waals surface area contributed by atoms with Gasteiger partial charge in [0.25, 0.3) is 0 Å². The molecule has 3 heterocycles. The van der Waals surface area contributed by atoms with Gasteiger partial charge in [0.1, 0.15) is 0 Å². The van der Waals surface area contributed by atoms with Crippen LogP contribution in [0.5, 0.6) is 0 Å². The van der Waals surface area contributed by atoms with E-state index in [2.05, 4.69) is 39.0 Å². The van der Waals surface area contributed by atoms with E-state index < -0.39 is 0 Å². The Kier molecular flexibility index (Phi) is 5.10. The standard InChI is InChI=1S/C24H29N3O2/c28-16-22-23(19-5-3-17(4-6-19)18-9-11-25-12-10-18)21-15-26(24(29)20-7-8-20)13-1-2-14-27(21)22/h3-6,9-12,20-23,28H,1-2,7-8,13-16H2/t21-,22+,23+/m1/s1. The van der Waals surface area contributed by atoms with E-state index in [9.17, 15) is 9.90 Å². The lowest BCUT2D eigenvalue weighted by atomic mass is 9.74. The Labute approximate surface area is 172 Å². The predicted octanol–water partition coefficient (Wildman–Crippen LogP) is 2.91. The maximum Gasteiger partial charge on any atom is 0.225 e. The minimum atomic E-state index is 0.155. The van der Waals surface area contributed by atoms with Crippen molar-refractivity contribution in [3.63, 3.8) is 0 Å². The van der Waals surface area contributed by atoms with E-state index in [0.717, 1.165) is 50.9 Å². The first-order chi connectivity index (χ1) is 14.3. The number of aliphatic hydroxyl groups excluding tert-OH is 1. The van der Waals surface area contributed by atoms with Gasteiger partial charge in [-0.15, -0.1) is 0 Å². The molecule has 2 aliphatic heterocycles. The predicted molar refractivity (Wildman–Crippen MR) is 112 cm³/mol. The van der Waals surface area contributed by atoms with Crippen LogP contribution in [0.2, 0.25) is 0 Å². The minimum Gasteiger partial charge on any atom is -0.395 e. The van der Waals surface area contributed by atoms with E-state index in [0.29, 0.717) is 11.9 Å². The van der Waals surface area contributed by atoms with Gasteiger partial charge in [-0.25, -0.2) is 0 Å². The first-order valence-corrected chi connectivity index (χ1v) is 10.9. The fraction of sp³-hybridized carbons (Fsp3) is 0.500. The van der Waals surface area contributed by atoms with Crippen LogP contribution < -0.4 is 0 Å². The SMILES string of the molecule is O=C(C1CC1)N1CCCCN2[C@H](C1)[C@H](c1ccc(-c3ccncc3)cc1)[C@@H]2CO. The van der Waals surface area contributed by atoms with Gasteiger partial charge in [-0.3, -0.25) is 14.7 Å². The summed E-state index contributed by atoms with van der Waals surface area (Å²) < 4.78 is 0. The van der Waals surface area contributed by atoms with Gasteiger partial charge in [0.15, 0.2) is 0 Å². The average molecular weight is 392 g/mol. The number of hydrogen-bond donors (Lipinski definition) is 1. The van der Waals surface area contributed by atoms with Crippen LogP contribution in [0, 0.1) is 5.92 Å². The molecule has 2 saturated heterocycles. The molecule has 5 rings (SSSR count). The van der Waals surface area contributed by atoms with E-state index in [1.165, 1.54) is 11.1 Å². The normalized spacial score (nSPS) is 27.5. The van der Waals surface area contributed by atoms with Gasteiger partial charge in [-0.1, -0.05) is 24.3 Å². The highest BCUT2D eigenvalue weighted by Crippen LogP contribution is 2.43. The van der Waals surface area contributed by atoms with E-state index in [1.807, 2.05) is 24.5 Å². The Morgan fingerprint density at radius 2 is 1.69 bits per heavy atom. The highest BCUT2D eigenvalue weighted by molar-refractivity contribution is 5.81. The summed E-state index contributed by atoms with van der Waals surface area (Å²) in [4.78, 5) is 21.4. The highest BCUT2D eigenvalue weighted by atomic mass is 16.3. The van der Waals surface area contributed by atoms with Gasteiger partial charge in [-0.2, -0.15) is 0 Å². The molecule has 3 atom stereocenters. The Balaban J connectivity index is 1.38. The third kappa shape index (κ3) is 3.58. The molecule has 0 spiro atoms. The molecule has 0 radical (unpaired) electrons. The lowest BCUT2D eigenvalue weighted by Gasteiger charge is -2.57. The average Bonchev–Trinajstić information content (AvgIpc) is 3.59. The van der Waals surface area contributed by atoms with Crippen molar-refractivity contribution in [3.05, 3.63) is 54.4 Å². The fourth-order valence-electron chi connectivity index (χ4n) is 5.17. The number of aliphatic hydroxyl groups is 1. The van der Waals surface area contributed by atoms with Gasteiger partial charge >= 0.3 is 0 Å². The molecule has 1 saturated carbocycles. The summed E-state index contributed by atoms with van der Waals surface area (Å²) >= 11 is 0. The zero-order chi connectivity index (χ0) is 19.8. The number of aromatic nitrogens is 1. The third-order valence-corrected chi connectivity index (χ3v) is 6.92. The van der Waals surface area contributed by atoms with Crippen LogP contribution in [0.25, 0.3) is 11.1 Å². The lowest BCUT2D eigenvalue weighted by molar-refractivity contribution is -0.137. The quantitative estimate of drug-likeness (QED) is 0.871. The Hall–Kier alpha value is -2.24. The van der Waals surface area contributed by atoms with Gasteiger partial charge in [0.2, 0.25) is 5.91 Å². The summed E-state index contributed by atoms with van der Waals surface area (Å²) in [6.07, 6.45) is 7.90. The maximum absolute atomic E-state index is 12.8. The monoisotopic (exact) mass is 391 g/mol. The van der Waals surface area contributed by atoms with Crippen LogP contribution in [-0.2, 0) is 4.79 Å². The molecule has 0 unspecified atom stereocenters.